The predicted octanol–water partition coefficient (Wildman–Crippen LogP) is 9.13. The van der Waals surface area contributed by atoms with Crippen LogP contribution in [0.5, 0.6) is 0 Å². The molecule has 0 amide bonds. The van der Waals surface area contributed by atoms with Crippen molar-refractivity contribution in [2.24, 2.45) is 0 Å². The van der Waals surface area contributed by atoms with E-state index in [0.29, 0.717) is 5.58 Å². The van der Waals surface area contributed by atoms with Crippen LogP contribution in [0.4, 0.5) is 0 Å². The van der Waals surface area contributed by atoms with Crippen molar-refractivity contribution in [2.75, 3.05) is 0 Å². The molecule has 1 atom stereocenters. The number of esters is 1. The molecule has 0 aliphatic heterocycles. The molecule has 0 spiro atoms. The van der Waals surface area contributed by atoms with Crippen LogP contribution in [0.3, 0.4) is 0 Å². The third-order valence-electron chi connectivity index (χ3n) is 6.35. The fourth-order valence-corrected chi connectivity index (χ4v) is 4.28. The Balaban J connectivity index is 1.58. The number of carbonyl (C=O) groups is 1. The largest absolute Gasteiger partial charge is 0.457 e. The third kappa shape index (κ3) is 7.77. The summed E-state index contributed by atoms with van der Waals surface area (Å²) in [6.07, 6.45) is 13.2. The summed E-state index contributed by atoms with van der Waals surface area (Å²) in [4.78, 5) is 12.5. The molecule has 0 saturated heterocycles. The van der Waals surface area contributed by atoms with Gasteiger partial charge >= 0.3 is 5.97 Å². The highest BCUT2D eigenvalue weighted by Crippen LogP contribution is 2.28. The van der Waals surface area contributed by atoms with E-state index < -0.39 is 0 Å². The summed E-state index contributed by atoms with van der Waals surface area (Å²) in [6, 6.07) is 16.7. The van der Waals surface area contributed by atoms with Gasteiger partial charge in [0.1, 0.15) is 5.58 Å². The Kier molecular flexibility index (Phi) is 10.1. The topological polar surface area (TPSA) is 39.4 Å². The maximum atomic E-state index is 12.5. The molecule has 33 heavy (non-hydrogen) atoms. The van der Waals surface area contributed by atoms with Gasteiger partial charge < -0.3 is 9.15 Å². The number of ether oxygens (including phenoxy) is 1. The van der Waals surface area contributed by atoms with Crippen LogP contribution in [-0.2, 0) is 11.2 Å². The molecule has 2 aromatic carbocycles. The average molecular weight is 449 g/mol. The predicted molar refractivity (Wildman–Crippen MR) is 138 cm³/mol. The van der Waals surface area contributed by atoms with Gasteiger partial charge in [0.25, 0.3) is 0 Å². The van der Waals surface area contributed by atoms with Crippen LogP contribution in [0.2, 0.25) is 0 Å². The number of carbonyl (C=O) groups excluding carboxylic acids is 1. The third-order valence-corrected chi connectivity index (χ3v) is 6.35. The van der Waals surface area contributed by atoms with E-state index in [-0.39, 0.29) is 17.8 Å². The molecule has 1 aromatic heterocycles. The molecule has 0 N–H and O–H groups in total. The number of aryl methyl sites for hydroxylation is 1. The number of hydrogen-bond donors (Lipinski definition) is 0. The maximum absolute atomic E-state index is 12.5. The molecule has 3 nitrogen and oxygen atoms in total. The van der Waals surface area contributed by atoms with Crippen molar-refractivity contribution in [3.8, 4) is 11.1 Å². The SMILES string of the molecule is CCCCCCCc1ccc(-c2ccc3oc(C(=O)O[C@@H](C)CCCCCC)cc3c2)cc1. The number of fused-ring (bicyclic) bond motifs is 1. The van der Waals surface area contributed by atoms with Crippen LogP contribution < -0.4 is 0 Å². The first-order chi connectivity index (χ1) is 16.1. The Morgan fingerprint density at radius 1 is 0.818 bits per heavy atom. The lowest BCUT2D eigenvalue weighted by Crippen LogP contribution is -2.14. The normalized spacial score (nSPS) is 12.2. The lowest BCUT2D eigenvalue weighted by molar-refractivity contribution is 0.0286. The van der Waals surface area contributed by atoms with E-state index in [2.05, 4.69) is 50.2 Å². The fourth-order valence-electron chi connectivity index (χ4n) is 4.28. The zero-order chi connectivity index (χ0) is 23.5. The second-order valence-electron chi connectivity index (χ2n) is 9.29. The number of rotatable bonds is 14. The zero-order valence-electron chi connectivity index (χ0n) is 20.7. The molecule has 0 saturated carbocycles. The van der Waals surface area contributed by atoms with Crippen LogP contribution in [0.15, 0.2) is 52.9 Å². The maximum Gasteiger partial charge on any atom is 0.374 e. The molecule has 3 heteroatoms. The Bertz CT molecular complexity index is 983. The van der Waals surface area contributed by atoms with Gasteiger partial charge in [-0.15, -0.1) is 0 Å². The first kappa shape index (κ1) is 25.1. The molecule has 0 bridgehead atoms. The lowest BCUT2D eigenvalue weighted by atomic mass is 10.00. The van der Waals surface area contributed by atoms with Gasteiger partial charge in [0.05, 0.1) is 6.10 Å². The van der Waals surface area contributed by atoms with Crippen LogP contribution in [0, 0.1) is 0 Å². The van der Waals surface area contributed by atoms with Crippen molar-refractivity contribution in [1.82, 2.24) is 0 Å². The number of benzene rings is 2. The molecule has 0 fully saturated rings. The summed E-state index contributed by atoms with van der Waals surface area (Å²) >= 11 is 0. The summed E-state index contributed by atoms with van der Waals surface area (Å²) in [5.74, 6) is -0.0972. The van der Waals surface area contributed by atoms with Crippen LogP contribution >= 0.6 is 0 Å². The van der Waals surface area contributed by atoms with Gasteiger partial charge in [0.2, 0.25) is 5.76 Å². The van der Waals surface area contributed by atoms with Crippen molar-refractivity contribution in [1.29, 1.82) is 0 Å². The van der Waals surface area contributed by atoms with Crippen molar-refractivity contribution in [2.45, 2.75) is 97.5 Å². The van der Waals surface area contributed by atoms with Crippen molar-refractivity contribution in [3.05, 3.63) is 59.9 Å². The summed E-state index contributed by atoms with van der Waals surface area (Å²) in [5.41, 5.74) is 4.41. The van der Waals surface area contributed by atoms with Gasteiger partial charge in [-0.2, -0.15) is 0 Å². The molecule has 0 aliphatic rings. The highest BCUT2D eigenvalue weighted by atomic mass is 16.6. The molecular formula is C30H40O3. The summed E-state index contributed by atoms with van der Waals surface area (Å²) in [6.45, 7) is 6.41. The molecule has 0 radical (unpaired) electrons. The minimum atomic E-state index is -0.376. The highest BCUT2D eigenvalue weighted by Gasteiger charge is 2.17. The average Bonchev–Trinajstić information content (AvgIpc) is 3.26. The molecule has 178 valence electrons. The van der Waals surface area contributed by atoms with Gasteiger partial charge in [-0.05, 0) is 67.5 Å². The summed E-state index contributed by atoms with van der Waals surface area (Å²) in [7, 11) is 0. The van der Waals surface area contributed by atoms with E-state index in [1.54, 1.807) is 6.07 Å². The molecular weight excluding hydrogens is 408 g/mol. The lowest BCUT2D eigenvalue weighted by Gasteiger charge is -2.11. The smallest absolute Gasteiger partial charge is 0.374 e. The van der Waals surface area contributed by atoms with Crippen LogP contribution in [0.25, 0.3) is 22.1 Å². The van der Waals surface area contributed by atoms with Gasteiger partial charge in [-0.3, -0.25) is 0 Å². The Labute approximate surface area is 199 Å². The molecule has 0 aliphatic carbocycles. The quantitative estimate of drug-likeness (QED) is 0.182. The summed E-state index contributed by atoms with van der Waals surface area (Å²) < 4.78 is 11.4. The Morgan fingerprint density at radius 2 is 1.48 bits per heavy atom. The van der Waals surface area contributed by atoms with Crippen LogP contribution in [0.1, 0.15) is 101 Å². The minimum Gasteiger partial charge on any atom is -0.457 e. The minimum absolute atomic E-state index is 0.0942. The van der Waals surface area contributed by atoms with E-state index in [1.807, 2.05) is 13.0 Å². The van der Waals surface area contributed by atoms with E-state index in [1.165, 1.54) is 62.5 Å². The number of furan rings is 1. The monoisotopic (exact) mass is 448 g/mol. The van der Waals surface area contributed by atoms with Crippen molar-refractivity contribution in [3.63, 3.8) is 0 Å². The van der Waals surface area contributed by atoms with Gasteiger partial charge in [0.15, 0.2) is 0 Å². The summed E-state index contributed by atoms with van der Waals surface area (Å²) in [5, 5.41) is 0.926. The Morgan fingerprint density at radius 3 is 2.21 bits per heavy atom. The molecule has 1 heterocycles. The highest BCUT2D eigenvalue weighted by molar-refractivity contribution is 5.94. The van der Waals surface area contributed by atoms with Gasteiger partial charge in [0, 0.05) is 5.39 Å². The van der Waals surface area contributed by atoms with E-state index in [9.17, 15) is 4.79 Å². The van der Waals surface area contributed by atoms with Crippen molar-refractivity contribution < 1.29 is 13.9 Å². The number of unbranched alkanes of at least 4 members (excludes halogenated alkanes) is 7. The van der Waals surface area contributed by atoms with E-state index in [0.717, 1.165) is 30.2 Å². The first-order valence-corrected chi connectivity index (χ1v) is 12.9. The molecule has 0 unspecified atom stereocenters. The van der Waals surface area contributed by atoms with Crippen LogP contribution in [-0.4, -0.2) is 12.1 Å². The molecule has 3 aromatic rings. The van der Waals surface area contributed by atoms with Gasteiger partial charge in [-0.25, -0.2) is 4.79 Å². The van der Waals surface area contributed by atoms with Gasteiger partial charge in [-0.1, -0.05) is 89.1 Å². The molecule has 3 rings (SSSR count). The van der Waals surface area contributed by atoms with E-state index in [4.69, 9.17) is 9.15 Å². The standard InChI is InChI=1S/C30H40O3/c1-4-6-8-10-12-14-24-15-17-25(18-16-24)26-19-20-28-27(21-26)22-29(33-28)30(31)32-23(3)13-11-9-7-5-2/h15-23H,4-14H2,1-3H3/t23-/m0/s1. The Hall–Kier alpha value is -2.55. The number of hydrogen-bond acceptors (Lipinski definition) is 3. The van der Waals surface area contributed by atoms with E-state index >= 15 is 0 Å². The first-order valence-electron chi connectivity index (χ1n) is 12.9. The zero-order valence-corrected chi connectivity index (χ0v) is 20.7. The fraction of sp³-hybridized carbons (Fsp3) is 0.500. The second-order valence-corrected chi connectivity index (χ2v) is 9.29. The second kappa shape index (κ2) is 13.2. The van der Waals surface area contributed by atoms with Crippen molar-refractivity contribution >= 4 is 16.9 Å².